The zero-order valence-electron chi connectivity index (χ0n) is 10.7. The van der Waals surface area contributed by atoms with Gasteiger partial charge in [0.25, 0.3) is 5.91 Å². The van der Waals surface area contributed by atoms with Crippen molar-refractivity contribution < 1.29 is 14.3 Å². The summed E-state index contributed by atoms with van der Waals surface area (Å²) in [5.74, 6) is -1.12. The van der Waals surface area contributed by atoms with Crippen LogP contribution in [0, 0.1) is 0 Å². The summed E-state index contributed by atoms with van der Waals surface area (Å²) in [5, 5.41) is 8.46. The first-order valence-electron chi connectivity index (χ1n) is 5.74. The van der Waals surface area contributed by atoms with Crippen molar-refractivity contribution in [2.45, 2.75) is 0 Å². The normalized spacial score (nSPS) is 10.4. The highest BCUT2D eigenvalue weighted by atomic mass is 16.5. The lowest BCUT2D eigenvalue weighted by molar-refractivity contribution is -0.111. The summed E-state index contributed by atoms with van der Waals surface area (Å²) in [6.07, 6.45) is 3.01. The molecular weight excluding hydrogens is 260 g/mol. The molecule has 0 spiro atoms. The largest absolute Gasteiger partial charge is 0.463 e. The van der Waals surface area contributed by atoms with Crippen LogP contribution in [0.4, 0.5) is 5.95 Å². The van der Waals surface area contributed by atoms with Crippen molar-refractivity contribution in [3.63, 3.8) is 0 Å². The van der Waals surface area contributed by atoms with Crippen LogP contribution in [0.2, 0.25) is 0 Å². The second kappa shape index (κ2) is 6.28. The molecule has 2 rings (SSSR count). The number of anilines is 1. The average molecular weight is 272 g/mol. The van der Waals surface area contributed by atoms with E-state index in [9.17, 15) is 9.59 Å². The molecule has 1 amide bonds. The Morgan fingerprint density at radius 3 is 2.75 bits per heavy atom. The van der Waals surface area contributed by atoms with Crippen LogP contribution in [0.1, 0.15) is 16.2 Å². The summed E-state index contributed by atoms with van der Waals surface area (Å²) >= 11 is 0. The first-order chi connectivity index (χ1) is 9.69. The van der Waals surface area contributed by atoms with Gasteiger partial charge >= 0.3 is 5.97 Å². The first kappa shape index (κ1) is 13.5. The lowest BCUT2D eigenvalue weighted by Crippen LogP contribution is -2.09. The maximum absolute atomic E-state index is 11.6. The molecule has 0 unspecified atom stereocenters. The predicted octanol–water partition coefficient (Wildman–Crippen LogP) is 1.24. The number of carbonyl (C=O) groups is 2. The number of amides is 1. The van der Waals surface area contributed by atoms with Gasteiger partial charge in [-0.3, -0.25) is 15.2 Å². The Kier molecular flexibility index (Phi) is 4.23. The van der Waals surface area contributed by atoms with Gasteiger partial charge in [0, 0.05) is 6.08 Å². The molecule has 0 aliphatic rings. The van der Waals surface area contributed by atoms with Crippen molar-refractivity contribution in [2.75, 3.05) is 12.4 Å². The van der Waals surface area contributed by atoms with Crippen LogP contribution in [-0.2, 0) is 9.53 Å². The third kappa shape index (κ3) is 3.52. The molecule has 0 aliphatic carbocycles. The van der Waals surface area contributed by atoms with Gasteiger partial charge in [-0.1, -0.05) is 30.3 Å². The number of carbonyl (C=O) groups excluding carboxylic acids is 2. The second-order valence-electron chi connectivity index (χ2n) is 3.73. The minimum atomic E-state index is -0.655. The van der Waals surface area contributed by atoms with Crippen LogP contribution in [0.25, 0.3) is 6.08 Å². The predicted molar refractivity (Wildman–Crippen MR) is 71.8 cm³/mol. The Morgan fingerprint density at radius 2 is 2.05 bits per heavy atom. The molecule has 0 fully saturated rings. The van der Waals surface area contributed by atoms with E-state index in [0.717, 1.165) is 5.56 Å². The topological polar surface area (TPSA) is 97.0 Å². The molecule has 0 saturated carbocycles. The van der Waals surface area contributed by atoms with Crippen molar-refractivity contribution in [2.24, 2.45) is 0 Å². The zero-order valence-corrected chi connectivity index (χ0v) is 10.7. The minimum Gasteiger partial charge on any atom is -0.463 e. The number of methoxy groups -OCH3 is 1. The van der Waals surface area contributed by atoms with Crippen molar-refractivity contribution in [3.05, 3.63) is 47.8 Å². The Labute approximate surface area is 114 Å². The van der Waals surface area contributed by atoms with E-state index in [2.05, 4.69) is 25.2 Å². The third-order valence-corrected chi connectivity index (χ3v) is 2.33. The van der Waals surface area contributed by atoms with Gasteiger partial charge in [0.05, 0.1) is 7.11 Å². The van der Waals surface area contributed by atoms with Gasteiger partial charge < -0.3 is 4.74 Å². The van der Waals surface area contributed by atoms with Gasteiger partial charge in [0.1, 0.15) is 0 Å². The van der Waals surface area contributed by atoms with E-state index in [1.165, 1.54) is 13.2 Å². The number of esters is 1. The number of rotatable bonds is 4. The fourth-order valence-electron chi connectivity index (χ4n) is 1.39. The van der Waals surface area contributed by atoms with E-state index in [4.69, 9.17) is 0 Å². The van der Waals surface area contributed by atoms with Gasteiger partial charge in [-0.2, -0.15) is 4.98 Å². The summed E-state index contributed by atoms with van der Waals surface area (Å²) in [6, 6.07) is 9.36. The van der Waals surface area contributed by atoms with Crippen molar-refractivity contribution in [1.29, 1.82) is 0 Å². The van der Waals surface area contributed by atoms with Gasteiger partial charge in [-0.25, -0.2) is 4.79 Å². The second-order valence-corrected chi connectivity index (χ2v) is 3.73. The number of aromatic nitrogens is 3. The number of aromatic amines is 1. The van der Waals surface area contributed by atoms with E-state index in [-0.39, 0.29) is 11.8 Å². The van der Waals surface area contributed by atoms with E-state index < -0.39 is 11.9 Å². The number of benzene rings is 1. The summed E-state index contributed by atoms with van der Waals surface area (Å²) in [5.41, 5.74) is 0.896. The van der Waals surface area contributed by atoms with Crippen LogP contribution >= 0.6 is 0 Å². The van der Waals surface area contributed by atoms with Crippen LogP contribution < -0.4 is 5.32 Å². The Bertz CT molecular complexity index is 634. The van der Waals surface area contributed by atoms with Gasteiger partial charge in [-0.15, -0.1) is 5.10 Å². The number of H-pyrrole nitrogens is 1. The van der Waals surface area contributed by atoms with E-state index in [1.807, 2.05) is 30.3 Å². The number of hydrogen-bond acceptors (Lipinski definition) is 5. The van der Waals surface area contributed by atoms with Crippen molar-refractivity contribution in [3.8, 4) is 0 Å². The smallest absolute Gasteiger partial charge is 0.375 e. The van der Waals surface area contributed by atoms with E-state index >= 15 is 0 Å². The van der Waals surface area contributed by atoms with Crippen LogP contribution in [-0.4, -0.2) is 34.2 Å². The molecule has 2 aromatic rings. The number of nitrogens with one attached hydrogen (secondary N) is 2. The van der Waals surface area contributed by atoms with E-state index in [0.29, 0.717) is 0 Å². The van der Waals surface area contributed by atoms with Gasteiger partial charge in [0.15, 0.2) is 0 Å². The summed E-state index contributed by atoms with van der Waals surface area (Å²) < 4.78 is 4.46. The molecule has 20 heavy (non-hydrogen) atoms. The maximum Gasteiger partial charge on any atom is 0.375 e. The molecule has 102 valence electrons. The van der Waals surface area contributed by atoms with Gasteiger partial charge in [-0.05, 0) is 11.6 Å². The van der Waals surface area contributed by atoms with Gasteiger partial charge in [0.2, 0.25) is 11.8 Å². The number of hydrogen-bond donors (Lipinski definition) is 2. The molecule has 0 bridgehead atoms. The Morgan fingerprint density at radius 1 is 1.30 bits per heavy atom. The molecule has 0 radical (unpaired) electrons. The van der Waals surface area contributed by atoms with E-state index in [1.54, 1.807) is 6.08 Å². The molecule has 0 atom stereocenters. The number of ether oxygens (including phenoxy) is 1. The van der Waals surface area contributed by atoms with Crippen LogP contribution in [0.5, 0.6) is 0 Å². The molecule has 0 aliphatic heterocycles. The molecule has 7 heteroatoms. The van der Waals surface area contributed by atoms with Crippen molar-refractivity contribution in [1.82, 2.24) is 15.2 Å². The lowest BCUT2D eigenvalue weighted by atomic mass is 10.2. The SMILES string of the molecule is COC(=O)c1nc(NC(=O)/C=C/c2ccccc2)n[nH]1. The minimum absolute atomic E-state index is 0.00751. The quantitative estimate of drug-likeness (QED) is 0.644. The fraction of sp³-hybridized carbons (Fsp3) is 0.0769. The number of nitrogens with zero attached hydrogens (tertiary/aromatic N) is 2. The highest BCUT2D eigenvalue weighted by Crippen LogP contribution is 2.03. The molecule has 1 heterocycles. The molecular formula is C13H12N4O3. The molecule has 0 saturated heterocycles. The van der Waals surface area contributed by atoms with Crippen LogP contribution in [0.3, 0.4) is 0 Å². The highest BCUT2D eigenvalue weighted by Gasteiger charge is 2.12. The summed E-state index contributed by atoms with van der Waals surface area (Å²) in [6.45, 7) is 0. The third-order valence-electron chi connectivity index (χ3n) is 2.33. The Hall–Kier alpha value is -2.96. The highest BCUT2D eigenvalue weighted by molar-refractivity contribution is 6.01. The zero-order chi connectivity index (χ0) is 14.4. The molecule has 1 aromatic heterocycles. The first-order valence-corrected chi connectivity index (χ1v) is 5.74. The molecule has 7 nitrogen and oxygen atoms in total. The summed E-state index contributed by atoms with van der Waals surface area (Å²) in [4.78, 5) is 26.5. The Balaban J connectivity index is 1.96. The van der Waals surface area contributed by atoms with Crippen molar-refractivity contribution >= 4 is 23.9 Å². The van der Waals surface area contributed by atoms with Crippen LogP contribution in [0.15, 0.2) is 36.4 Å². The lowest BCUT2D eigenvalue weighted by Gasteiger charge is -1.95. The molecule has 1 aromatic carbocycles. The average Bonchev–Trinajstić information content (AvgIpc) is 2.94. The summed E-state index contributed by atoms with van der Waals surface area (Å²) in [7, 11) is 1.23. The maximum atomic E-state index is 11.6. The fourth-order valence-corrected chi connectivity index (χ4v) is 1.39. The standard InChI is InChI=1S/C13H12N4O3/c1-20-12(19)11-15-13(17-16-11)14-10(18)8-7-9-5-3-2-4-6-9/h2-8H,1H3,(H2,14,15,16,17,18)/b8-7+. The monoisotopic (exact) mass is 272 g/mol. The molecule has 2 N–H and O–H groups in total.